The van der Waals surface area contributed by atoms with Crippen LogP contribution in [-0.2, 0) is 4.79 Å². The van der Waals surface area contributed by atoms with Crippen LogP contribution in [-0.4, -0.2) is 22.5 Å². The van der Waals surface area contributed by atoms with Crippen molar-refractivity contribution in [3.8, 4) is 0 Å². The quantitative estimate of drug-likeness (QED) is 0.339. The summed E-state index contributed by atoms with van der Waals surface area (Å²) < 4.78 is 0. The van der Waals surface area contributed by atoms with Crippen LogP contribution in [0.1, 0.15) is 10.4 Å². The lowest BCUT2D eigenvalue weighted by molar-refractivity contribution is -0.384. The van der Waals surface area contributed by atoms with Crippen molar-refractivity contribution < 1.29 is 14.5 Å². The minimum absolute atomic E-state index is 0.132. The summed E-state index contributed by atoms with van der Waals surface area (Å²) in [5.41, 5.74) is 1.32. The fraction of sp³-hybridized carbons (Fsp3) is 0.0476. The van der Waals surface area contributed by atoms with Gasteiger partial charge in [-0.1, -0.05) is 30.3 Å². The number of benzene rings is 3. The molecule has 3 aromatic carbocycles. The molecule has 0 atom stereocenters. The molecule has 3 rings (SSSR count). The number of para-hydroxylation sites is 1. The zero-order chi connectivity index (χ0) is 20.6. The van der Waals surface area contributed by atoms with Gasteiger partial charge in [0, 0.05) is 34.0 Å². The second-order valence-electron chi connectivity index (χ2n) is 5.99. The maximum Gasteiger partial charge on any atom is 0.270 e. The number of nitro groups is 1. The zero-order valence-corrected chi connectivity index (χ0v) is 16.0. The number of anilines is 2. The SMILES string of the molecule is O=C(CSc1cccc(NC(=O)c2cccc([N+](=O)[O-])c2)c1)Nc1ccccc1. The van der Waals surface area contributed by atoms with Crippen LogP contribution in [0.2, 0.25) is 0 Å². The zero-order valence-electron chi connectivity index (χ0n) is 15.2. The molecular weight excluding hydrogens is 390 g/mol. The smallest absolute Gasteiger partial charge is 0.270 e. The molecular formula is C21H17N3O4S. The molecule has 0 unspecified atom stereocenters. The summed E-state index contributed by atoms with van der Waals surface area (Å²) in [4.78, 5) is 35.6. The molecule has 0 bridgehead atoms. The van der Waals surface area contributed by atoms with Gasteiger partial charge in [-0.05, 0) is 36.4 Å². The molecule has 0 aliphatic rings. The Kier molecular flexibility index (Phi) is 6.59. The van der Waals surface area contributed by atoms with Gasteiger partial charge in [-0.15, -0.1) is 11.8 Å². The molecule has 7 nitrogen and oxygen atoms in total. The van der Waals surface area contributed by atoms with E-state index < -0.39 is 10.8 Å². The van der Waals surface area contributed by atoms with Gasteiger partial charge in [0.1, 0.15) is 0 Å². The molecule has 0 fully saturated rings. The third kappa shape index (κ3) is 5.91. The predicted molar refractivity (Wildman–Crippen MR) is 113 cm³/mol. The molecule has 3 aromatic rings. The molecule has 0 saturated heterocycles. The fourth-order valence-corrected chi connectivity index (χ4v) is 3.25. The van der Waals surface area contributed by atoms with E-state index in [2.05, 4.69) is 10.6 Å². The molecule has 29 heavy (non-hydrogen) atoms. The third-order valence-electron chi connectivity index (χ3n) is 3.84. The average Bonchev–Trinajstić information content (AvgIpc) is 2.73. The number of hydrogen-bond donors (Lipinski definition) is 2. The Bertz CT molecular complexity index is 1040. The van der Waals surface area contributed by atoms with Crippen molar-refractivity contribution in [1.82, 2.24) is 0 Å². The van der Waals surface area contributed by atoms with Crippen molar-refractivity contribution >= 4 is 40.6 Å². The van der Waals surface area contributed by atoms with Crippen molar-refractivity contribution in [2.75, 3.05) is 16.4 Å². The first-order valence-electron chi connectivity index (χ1n) is 8.65. The Morgan fingerprint density at radius 1 is 0.862 bits per heavy atom. The first-order valence-corrected chi connectivity index (χ1v) is 9.63. The number of nitrogens with one attached hydrogen (secondary N) is 2. The second-order valence-corrected chi connectivity index (χ2v) is 7.04. The lowest BCUT2D eigenvalue weighted by atomic mass is 10.2. The maximum absolute atomic E-state index is 12.4. The van der Waals surface area contributed by atoms with E-state index in [4.69, 9.17) is 0 Å². The van der Waals surface area contributed by atoms with E-state index in [1.54, 1.807) is 18.2 Å². The highest BCUT2D eigenvalue weighted by Crippen LogP contribution is 2.23. The summed E-state index contributed by atoms with van der Waals surface area (Å²) in [6.45, 7) is 0. The van der Waals surface area contributed by atoms with Crippen LogP contribution < -0.4 is 10.6 Å². The number of carbonyl (C=O) groups is 2. The molecule has 2 N–H and O–H groups in total. The Balaban J connectivity index is 1.59. The van der Waals surface area contributed by atoms with Crippen molar-refractivity contribution in [2.45, 2.75) is 4.90 Å². The molecule has 8 heteroatoms. The summed E-state index contributed by atoms with van der Waals surface area (Å²) >= 11 is 1.34. The number of rotatable bonds is 7. The van der Waals surface area contributed by atoms with Gasteiger partial charge in [0.05, 0.1) is 10.7 Å². The molecule has 0 saturated carbocycles. The van der Waals surface area contributed by atoms with Crippen molar-refractivity contribution in [3.63, 3.8) is 0 Å². The summed E-state index contributed by atoms with van der Waals surface area (Å²) in [6.07, 6.45) is 0. The number of hydrogen-bond acceptors (Lipinski definition) is 5. The van der Waals surface area contributed by atoms with Gasteiger partial charge in [-0.2, -0.15) is 0 Å². The number of nitro benzene ring substituents is 1. The molecule has 0 spiro atoms. The topological polar surface area (TPSA) is 101 Å². The Morgan fingerprint density at radius 2 is 1.59 bits per heavy atom. The average molecular weight is 407 g/mol. The van der Waals surface area contributed by atoms with E-state index in [-0.39, 0.29) is 22.9 Å². The highest BCUT2D eigenvalue weighted by atomic mass is 32.2. The monoisotopic (exact) mass is 407 g/mol. The van der Waals surface area contributed by atoms with Crippen molar-refractivity contribution in [1.29, 1.82) is 0 Å². The predicted octanol–water partition coefficient (Wildman–Crippen LogP) is 4.58. The van der Waals surface area contributed by atoms with E-state index in [1.807, 2.05) is 36.4 Å². The van der Waals surface area contributed by atoms with E-state index >= 15 is 0 Å². The molecule has 0 radical (unpaired) electrons. The summed E-state index contributed by atoms with van der Waals surface area (Å²) in [5, 5.41) is 16.4. The van der Waals surface area contributed by atoms with Crippen LogP contribution in [0.4, 0.5) is 17.1 Å². The molecule has 0 aliphatic carbocycles. The third-order valence-corrected chi connectivity index (χ3v) is 4.83. The van der Waals surface area contributed by atoms with Gasteiger partial charge >= 0.3 is 0 Å². The van der Waals surface area contributed by atoms with Gasteiger partial charge in [0.2, 0.25) is 5.91 Å². The summed E-state index contributed by atoms with van der Waals surface area (Å²) in [7, 11) is 0. The highest BCUT2D eigenvalue weighted by Gasteiger charge is 2.12. The molecule has 0 heterocycles. The highest BCUT2D eigenvalue weighted by molar-refractivity contribution is 8.00. The van der Waals surface area contributed by atoms with E-state index in [0.717, 1.165) is 10.6 Å². The van der Waals surface area contributed by atoms with Crippen molar-refractivity contribution in [2.24, 2.45) is 0 Å². The minimum atomic E-state index is -0.547. The van der Waals surface area contributed by atoms with E-state index in [9.17, 15) is 19.7 Å². The number of carbonyl (C=O) groups excluding carboxylic acids is 2. The van der Waals surface area contributed by atoms with Crippen molar-refractivity contribution in [3.05, 3.63) is 94.5 Å². The van der Waals surface area contributed by atoms with E-state index in [0.29, 0.717) is 5.69 Å². The van der Waals surface area contributed by atoms with Crippen LogP contribution in [0.15, 0.2) is 83.8 Å². The molecule has 0 aromatic heterocycles. The normalized spacial score (nSPS) is 10.2. The second kappa shape index (κ2) is 9.52. The Hall–Kier alpha value is -3.65. The molecule has 2 amide bonds. The Morgan fingerprint density at radius 3 is 2.34 bits per heavy atom. The van der Waals surface area contributed by atoms with Gasteiger partial charge in [-0.25, -0.2) is 0 Å². The van der Waals surface area contributed by atoms with Gasteiger partial charge in [-0.3, -0.25) is 19.7 Å². The van der Waals surface area contributed by atoms with Gasteiger partial charge < -0.3 is 10.6 Å². The van der Waals surface area contributed by atoms with E-state index in [1.165, 1.54) is 36.0 Å². The lowest BCUT2D eigenvalue weighted by Gasteiger charge is -2.08. The lowest BCUT2D eigenvalue weighted by Crippen LogP contribution is -2.14. The largest absolute Gasteiger partial charge is 0.325 e. The first kappa shape index (κ1) is 20.1. The van der Waals surface area contributed by atoms with Crippen LogP contribution in [0.3, 0.4) is 0 Å². The molecule has 146 valence electrons. The fourth-order valence-electron chi connectivity index (χ4n) is 2.50. The van der Waals surface area contributed by atoms with Gasteiger partial charge in [0.25, 0.3) is 11.6 Å². The summed E-state index contributed by atoms with van der Waals surface area (Å²) in [6, 6.07) is 21.8. The van der Waals surface area contributed by atoms with Gasteiger partial charge in [0.15, 0.2) is 0 Å². The maximum atomic E-state index is 12.4. The van der Waals surface area contributed by atoms with Crippen LogP contribution in [0, 0.1) is 10.1 Å². The molecule has 0 aliphatic heterocycles. The Labute approximate surface area is 171 Å². The number of non-ortho nitro benzene ring substituents is 1. The van der Waals surface area contributed by atoms with Crippen LogP contribution in [0.5, 0.6) is 0 Å². The summed E-state index contributed by atoms with van der Waals surface area (Å²) in [5.74, 6) is -0.359. The van der Waals surface area contributed by atoms with Crippen LogP contribution in [0.25, 0.3) is 0 Å². The van der Waals surface area contributed by atoms with Crippen LogP contribution >= 0.6 is 11.8 Å². The number of amides is 2. The number of thioether (sulfide) groups is 1. The first-order chi connectivity index (χ1) is 14.0. The minimum Gasteiger partial charge on any atom is -0.325 e. The standard InChI is InChI=1S/C21H17N3O4S/c25-20(22-16-7-2-1-3-8-16)14-29-19-11-5-9-17(13-19)23-21(26)15-6-4-10-18(12-15)24(27)28/h1-13H,14H2,(H,22,25)(H,23,26). The number of nitrogens with zero attached hydrogens (tertiary/aromatic N) is 1.